The Bertz CT molecular complexity index is 817. The van der Waals surface area contributed by atoms with E-state index in [1.165, 1.54) is 0 Å². The van der Waals surface area contributed by atoms with E-state index in [0.29, 0.717) is 12.3 Å². The third-order valence-electron chi connectivity index (χ3n) is 3.88. The number of nitrogens with zero attached hydrogens (tertiary/aromatic N) is 1. The van der Waals surface area contributed by atoms with E-state index < -0.39 is 0 Å². The summed E-state index contributed by atoms with van der Waals surface area (Å²) >= 11 is 0. The number of rotatable bonds is 5. The average Bonchev–Trinajstić information content (AvgIpc) is 2.94. The lowest BCUT2D eigenvalue weighted by atomic mass is 10.0. The smallest absolute Gasteiger partial charge is 0.167 e. The second-order valence-corrected chi connectivity index (χ2v) is 5.17. The fraction of sp³-hybridized carbons (Fsp3) is 0.211. The van der Waals surface area contributed by atoms with Crippen molar-refractivity contribution in [3.05, 3.63) is 59.9 Å². The van der Waals surface area contributed by atoms with Crippen molar-refractivity contribution in [2.75, 3.05) is 6.61 Å². The number of hydrogen-bond donors (Lipinski definition) is 0. The van der Waals surface area contributed by atoms with Crippen molar-refractivity contribution in [3.8, 4) is 16.9 Å². The minimum absolute atomic E-state index is 0.655. The summed E-state index contributed by atoms with van der Waals surface area (Å²) in [5.41, 5.74) is 4.87. The monoisotopic (exact) mass is 293 g/mol. The van der Waals surface area contributed by atoms with Gasteiger partial charge in [-0.3, -0.25) is 4.79 Å². The largest absolute Gasteiger partial charge is 0.494 e. The lowest BCUT2D eigenvalue weighted by Crippen LogP contribution is -1.97. The molecule has 0 saturated heterocycles. The molecule has 0 atom stereocenters. The van der Waals surface area contributed by atoms with Crippen LogP contribution in [-0.4, -0.2) is 17.3 Å². The summed E-state index contributed by atoms with van der Waals surface area (Å²) in [7, 11) is 0. The van der Waals surface area contributed by atoms with Crippen LogP contribution >= 0.6 is 0 Å². The molecule has 2 heterocycles. The van der Waals surface area contributed by atoms with Gasteiger partial charge < -0.3 is 9.14 Å². The molecule has 0 saturated carbocycles. The van der Waals surface area contributed by atoms with Crippen molar-refractivity contribution in [2.45, 2.75) is 20.3 Å². The number of benzene rings is 1. The van der Waals surface area contributed by atoms with Crippen LogP contribution in [-0.2, 0) is 6.42 Å². The maximum atomic E-state index is 11.6. The van der Waals surface area contributed by atoms with Gasteiger partial charge in [-0.25, -0.2) is 0 Å². The van der Waals surface area contributed by atoms with Gasteiger partial charge in [0.25, 0.3) is 0 Å². The summed E-state index contributed by atoms with van der Waals surface area (Å²) in [5.74, 6) is 0.921. The molecule has 112 valence electrons. The molecule has 0 aliphatic carbocycles. The number of pyridine rings is 1. The Morgan fingerprint density at radius 2 is 2.00 bits per heavy atom. The van der Waals surface area contributed by atoms with Gasteiger partial charge in [0.15, 0.2) is 6.29 Å². The molecule has 3 heteroatoms. The van der Waals surface area contributed by atoms with Gasteiger partial charge in [0.05, 0.1) is 12.3 Å². The maximum absolute atomic E-state index is 11.6. The Balaban J connectivity index is 2.17. The molecule has 0 aliphatic heterocycles. The molecule has 2 aromatic heterocycles. The van der Waals surface area contributed by atoms with Gasteiger partial charge >= 0.3 is 0 Å². The molecule has 0 aliphatic rings. The second kappa shape index (κ2) is 6.06. The first kappa shape index (κ1) is 14.4. The molecule has 0 amide bonds. The molecular formula is C19H19NO2. The molecule has 3 nitrogen and oxygen atoms in total. The van der Waals surface area contributed by atoms with Crippen LogP contribution in [0.15, 0.2) is 48.7 Å². The zero-order chi connectivity index (χ0) is 15.5. The van der Waals surface area contributed by atoms with Crippen molar-refractivity contribution < 1.29 is 9.53 Å². The topological polar surface area (TPSA) is 30.7 Å². The van der Waals surface area contributed by atoms with Crippen molar-refractivity contribution in [2.24, 2.45) is 0 Å². The number of aldehydes is 1. The van der Waals surface area contributed by atoms with Crippen LogP contribution in [0, 0.1) is 0 Å². The molecule has 3 rings (SSSR count). The number of aromatic nitrogens is 1. The molecule has 0 radical (unpaired) electrons. The van der Waals surface area contributed by atoms with Crippen molar-refractivity contribution >= 4 is 11.8 Å². The zero-order valence-electron chi connectivity index (χ0n) is 12.9. The highest BCUT2D eigenvalue weighted by Gasteiger charge is 2.13. The van der Waals surface area contributed by atoms with Gasteiger partial charge in [-0.1, -0.05) is 19.1 Å². The Morgan fingerprint density at radius 3 is 2.73 bits per heavy atom. The highest BCUT2D eigenvalue weighted by atomic mass is 16.5. The standard InChI is InChI=1S/C19H19NO2/c1-3-14-11-15(8-9-19(14)22-4-2)17-12-16-7-5-6-10-20(16)18(17)13-21/h5-13H,3-4H2,1-2H3. The van der Waals surface area contributed by atoms with Gasteiger partial charge in [0.2, 0.25) is 0 Å². The Hall–Kier alpha value is -2.55. The van der Waals surface area contributed by atoms with Crippen LogP contribution in [0.1, 0.15) is 29.9 Å². The summed E-state index contributed by atoms with van der Waals surface area (Å²) in [6.45, 7) is 4.75. The van der Waals surface area contributed by atoms with Gasteiger partial charge in [-0.2, -0.15) is 0 Å². The lowest BCUT2D eigenvalue weighted by Gasteiger charge is -2.10. The SMILES string of the molecule is CCOc1ccc(-c2cc3ccccn3c2C=O)cc1CC. The summed E-state index contributed by atoms with van der Waals surface area (Å²) in [4.78, 5) is 11.6. The van der Waals surface area contributed by atoms with E-state index in [0.717, 1.165) is 40.7 Å². The molecule has 0 fully saturated rings. The Kier molecular flexibility index (Phi) is 3.96. The minimum atomic E-state index is 0.655. The summed E-state index contributed by atoms with van der Waals surface area (Å²) in [6.07, 6.45) is 3.73. The number of aryl methyl sites for hydroxylation is 1. The van der Waals surface area contributed by atoms with Crippen LogP contribution in [0.4, 0.5) is 0 Å². The van der Waals surface area contributed by atoms with Gasteiger partial charge in [-0.15, -0.1) is 0 Å². The third kappa shape index (κ3) is 2.39. The first-order chi connectivity index (χ1) is 10.8. The van der Waals surface area contributed by atoms with E-state index in [1.807, 2.05) is 47.9 Å². The van der Waals surface area contributed by atoms with Crippen LogP contribution in [0.3, 0.4) is 0 Å². The normalized spacial score (nSPS) is 10.8. The number of ether oxygens (including phenoxy) is 1. The van der Waals surface area contributed by atoms with E-state index in [2.05, 4.69) is 19.1 Å². The van der Waals surface area contributed by atoms with Gasteiger partial charge in [0.1, 0.15) is 5.75 Å². The van der Waals surface area contributed by atoms with E-state index >= 15 is 0 Å². The highest BCUT2D eigenvalue weighted by molar-refractivity contribution is 5.90. The lowest BCUT2D eigenvalue weighted by molar-refractivity contribution is 0.111. The van der Waals surface area contributed by atoms with E-state index in [-0.39, 0.29) is 0 Å². The molecule has 22 heavy (non-hydrogen) atoms. The number of fused-ring (bicyclic) bond motifs is 1. The molecule has 0 unspecified atom stereocenters. The maximum Gasteiger partial charge on any atom is 0.167 e. The van der Waals surface area contributed by atoms with Crippen LogP contribution in [0.25, 0.3) is 16.6 Å². The molecule has 0 bridgehead atoms. The highest BCUT2D eigenvalue weighted by Crippen LogP contribution is 2.31. The van der Waals surface area contributed by atoms with E-state index in [9.17, 15) is 4.79 Å². The van der Waals surface area contributed by atoms with Crippen molar-refractivity contribution in [1.82, 2.24) is 4.40 Å². The van der Waals surface area contributed by atoms with Crippen molar-refractivity contribution in [1.29, 1.82) is 0 Å². The average molecular weight is 293 g/mol. The van der Waals surface area contributed by atoms with Crippen LogP contribution in [0.2, 0.25) is 0 Å². The van der Waals surface area contributed by atoms with Crippen LogP contribution < -0.4 is 4.74 Å². The third-order valence-corrected chi connectivity index (χ3v) is 3.88. The summed E-state index contributed by atoms with van der Waals surface area (Å²) in [6, 6.07) is 14.1. The predicted octanol–water partition coefficient (Wildman–Crippen LogP) is 4.38. The molecule has 0 N–H and O–H groups in total. The fourth-order valence-corrected chi connectivity index (χ4v) is 2.82. The number of carbonyl (C=O) groups excluding carboxylic acids is 1. The zero-order valence-corrected chi connectivity index (χ0v) is 12.9. The Labute approximate surface area is 130 Å². The number of hydrogen-bond acceptors (Lipinski definition) is 2. The fourth-order valence-electron chi connectivity index (χ4n) is 2.82. The predicted molar refractivity (Wildman–Crippen MR) is 88.8 cm³/mol. The first-order valence-corrected chi connectivity index (χ1v) is 7.59. The minimum Gasteiger partial charge on any atom is -0.494 e. The summed E-state index contributed by atoms with van der Waals surface area (Å²) in [5, 5.41) is 0. The molecule has 3 aromatic rings. The van der Waals surface area contributed by atoms with Gasteiger partial charge in [-0.05, 0) is 54.8 Å². The summed E-state index contributed by atoms with van der Waals surface area (Å²) < 4.78 is 7.58. The van der Waals surface area contributed by atoms with E-state index in [4.69, 9.17) is 4.74 Å². The van der Waals surface area contributed by atoms with E-state index in [1.54, 1.807) is 0 Å². The number of carbonyl (C=O) groups is 1. The second-order valence-electron chi connectivity index (χ2n) is 5.17. The quantitative estimate of drug-likeness (QED) is 0.654. The first-order valence-electron chi connectivity index (χ1n) is 7.59. The van der Waals surface area contributed by atoms with Crippen molar-refractivity contribution in [3.63, 3.8) is 0 Å². The van der Waals surface area contributed by atoms with Gasteiger partial charge in [0, 0.05) is 17.3 Å². The molecule has 1 aromatic carbocycles. The molecule has 0 spiro atoms. The van der Waals surface area contributed by atoms with Crippen LogP contribution in [0.5, 0.6) is 5.75 Å². The molecular weight excluding hydrogens is 274 g/mol. The Morgan fingerprint density at radius 1 is 1.14 bits per heavy atom.